The molecule has 0 aliphatic carbocycles. The average molecular weight is 305 g/mol. The molecule has 0 spiro atoms. The van der Waals surface area contributed by atoms with Gasteiger partial charge in [0.2, 0.25) is 0 Å². The molecule has 7 nitrogen and oxygen atoms in total. The maximum Gasteiger partial charge on any atom is 0.412 e. The van der Waals surface area contributed by atoms with E-state index in [0.29, 0.717) is 23.0 Å². The number of anilines is 2. The van der Waals surface area contributed by atoms with E-state index in [-0.39, 0.29) is 0 Å². The van der Waals surface area contributed by atoms with Crippen molar-refractivity contribution < 1.29 is 18.8 Å². The van der Waals surface area contributed by atoms with Crippen molar-refractivity contribution in [3.8, 4) is 17.1 Å². The average Bonchev–Trinajstić information content (AvgIpc) is 2.83. The summed E-state index contributed by atoms with van der Waals surface area (Å²) in [5.74, 6) is 1.28. The molecule has 1 aromatic heterocycles. The van der Waals surface area contributed by atoms with Crippen LogP contribution in [0.5, 0.6) is 5.75 Å². The van der Waals surface area contributed by atoms with Gasteiger partial charge in [0.25, 0.3) is 0 Å². The highest BCUT2D eigenvalue weighted by Gasteiger charge is 2.18. The molecule has 2 aromatic rings. The number of amides is 1. The quantitative estimate of drug-likeness (QED) is 0.902. The smallest absolute Gasteiger partial charge is 0.412 e. The van der Waals surface area contributed by atoms with Crippen LogP contribution in [0.3, 0.4) is 0 Å². The SMILES string of the molecule is COc1cc(-c2cc(N)no2)ccc1NC(=O)OC(C)(C)C. The Morgan fingerprint density at radius 2 is 2.05 bits per heavy atom. The molecule has 3 N–H and O–H groups in total. The molecule has 0 aliphatic rings. The number of benzene rings is 1. The molecule has 22 heavy (non-hydrogen) atoms. The van der Waals surface area contributed by atoms with Crippen LogP contribution in [0.25, 0.3) is 11.3 Å². The van der Waals surface area contributed by atoms with E-state index in [9.17, 15) is 4.79 Å². The first-order valence-corrected chi connectivity index (χ1v) is 6.69. The van der Waals surface area contributed by atoms with Gasteiger partial charge in [0, 0.05) is 11.6 Å². The first kappa shape index (κ1) is 15.7. The summed E-state index contributed by atoms with van der Waals surface area (Å²) >= 11 is 0. The fourth-order valence-electron chi connectivity index (χ4n) is 1.79. The summed E-state index contributed by atoms with van der Waals surface area (Å²) in [5, 5.41) is 6.28. The van der Waals surface area contributed by atoms with Crippen molar-refractivity contribution >= 4 is 17.6 Å². The molecule has 7 heteroatoms. The molecule has 0 saturated carbocycles. The first-order valence-electron chi connectivity index (χ1n) is 6.69. The molecule has 0 aliphatic heterocycles. The molecule has 0 radical (unpaired) electrons. The molecule has 0 unspecified atom stereocenters. The molecule has 1 aromatic carbocycles. The van der Waals surface area contributed by atoms with Crippen LogP contribution >= 0.6 is 0 Å². The summed E-state index contributed by atoms with van der Waals surface area (Å²) in [4.78, 5) is 11.8. The summed E-state index contributed by atoms with van der Waals surface area (Å²) in [6.07, 6.45) is -0.553. The number of carbonyl (C=O) groups excluding carboxylic acids is 1. The van der Waals surface area contributed by atoms with Gasteiger partial charge in [-0.15, -0.1) is 0 Å². The molecule has 0 saturated heterocycles. The van der Waals surface area contributed by atoms with E-state index in [2.05, 4.69) is 10.5 Å². The van der Waals surface area contributed by atoms with Crippen molar-refractivity contribution in [3.63, 3.8) is 0 Å². The van der Waals surface area contributed by atoms with E-state index in [4.69, 9.17) is 19.7 Å². The second kappa shape index (κ2) is 5.97. The topological polar surface area (TPSA) is 99.6 Å². The van der Waals surface area contributed by atoms with Crippen LogP contribution in [0.2, 0.25) is 0 Å². The molecule has 2 rings (SSSR count). The summed E-state index contributed by atoms with van der Waals surface area (Å²) in [7, 11) is 1.51. The predicted molar refractivity (Wildman–Crippen MR) is 82.8 cm³/mol. The fraction of sp³-hybridized carbons (Fsp3) is 0.333. The van der Waals surface area contributed by atoms with Crippen molar-refractivity contribution in [1.29, 1.82) is 0 Å². The number of hydrogen-bond acceptors (Lipinski definition) is 6. The summed E-state index contributed by atoms with van der Waals surface area (Å²) in [6.45, 7) is 5.38. The Kier molecular flexibility index (Phi) is 4.25. The Hall–Kier alpha value is -2.70. The van der Waals surface area contributed by atoms with E-state index in [1.165, 1.54) is 7.11 Å². The van der Waals surface area contributed by atoms with Gasteiger partial charge in [-0.1, -0.05) is 5.16 Å². The Labute approximate surface area is 128 Å². The number of hydrogen-bond donors (Lipinski definition) is 2. The zero-order valence-corrected chi connectivity index (χ0v) is 13.0. The van der Waals surface area contributed by atoms with Gasteiger partial charge in [-0.25, -0.2) is 4.79 Å². The highest BCUT2D eigenvalue weighted by atomic mass is 16.6. The molecular weight excluding hydrogens is 286 g/mol. The minimum atomic E-state index is -0.575. The lowest BCUT2D eigenvalue weighted by Crippen LogP contribution is -2.27. The van der Waals surface area contributed by atoms with Crippen LogP contribution in [-0.2, 0) is 4.74 Å². The van der Waals surface area contributed by atoms with E-state index < -0.39 is 11.7 Å². The van der Waals surface area contributed by atoms with Crippen LogP contribution in [0.1, 0.15) is 20.8 Å². The number of ether oxygens (including phenoxy) is 2. The Balaban J connectivity index is 2.21. The van der Waals surface area contributed by atoms with Gasteiger partial charge in [-0.3, -0.25) is 5.32 Å². The van der Waals surface area contributed by atoms with Gasteiger partial charge in [-0.05, 0) is 39.0 Å². The number of nitrogens with two attached hydrogens (primary N) is 1. The maximum atomic E-state index is 11.8. The van der Waals surface area contributed by atoms with Crippen molar-refractivity contribution in [3.05, 3.63) is 24.3 Å². The largest absolute Gasteiger partial charge is 0.495 e. The molecule has 0 bridgehead atoms. The maximum absolute atomic E-state index is 11.8. The number of nitrogens with one attached hydrogen (secondary N) is 1. The molecule has 118 valence electrons. The standard InChI is InChI=1S/C15H19N3O4/c1-15(2,3)21-14(19)17-10-6-5-9(7-12(10)20-4)11-8-13(16)18-22-11/h5-8H,1-4H3,(H2,16,18)(H,17,19). The molecule has 0 fully saturated rings. The van der Waals surface area contributed by atoms with Gasteiger partial charge >= 0.3 is 6.09 Å². The van der Waals surface area contributed by atoms with Crippen molar-refractivity contribution in [2.75, 3.05) is 18.2 Å². The van der Waals surface area contributed by atoms with Crippen molar-refractivity contribution in [2.24, 2.45) is 0 Å². The Morgan fingerprint density at radius 1 is 1.32 bits per heavy atom. The third-order valence-electron chi connectivity index (χ3n) is 2.65. The summed E-state index contributed by atoms with van der Waals surface area (Å²) in [6, 6.07) is 6.77. The Morgan fingerprint density at radius 3 is 2.59 bits per heavy atom. The minimum Gasteiger partial charge on any atom is -0.495 e. The second-order valence-corrected chi connectivity index (χ2v) is 5.66. The Bertz CT molecular complexity index is 674. The fourth-order valence-corrected chi connectivity index (χ4v) is 1.79. The van der Waals surface area contributed by atoms with Crippen molar-refractivity contribution in [2.45, 2.75) is 26.4 Å². The van der Waals surface area contributed by atoms with Crippen LogP contribution in [0, 0.1) is 0 Å². The highest BCUT2D eigenvalue weighted by Crippen LogP contribution is 2.31. The predicted octanol–water partition coefficient (Wildman–Crippen LogP) is 3.28. The van der Waals surface area contributed by atoms with E-state index >= 15 is 0 Å². The van der Waals surface area contributed by atoms with Gasteiger partial charge < -0.3 is 19.7 Å². The van der Waals surface area contributed by atoms with E-state index in [0.717, 1.165) is 5.56 Å². The van der Waals surface area contributed by atoms with Gasteiger partial charge in [0.05, 0.1) is 12.8 Å². The van der Waals surface area contributed by atoms with Gasteiger partial charge in [-0.2, -0.15) is 0 Å². The summed E-state index contributed by atoms with van der Waals surface area (Å²) in [5.41, 5.74) is 6.18. The number of nitrogens with zero attached hydrogens (tertiary/aromatic N) is 1. The summed E-state index contributed by atoms with van der Waals surface area (Å²) < 4.78 is 15.6. The van der Waals surface area contributed by atoms with E-state index in [1.54, 1.807) is 45.0 Å². The molecular formula is C15H19N3O4. The third kappa shape index (κ3) is 3.91. The number of aromatic nitrogens is 1. The van der Waals surface area contributed by atoms with Crippen LogP contribution in [0.4, 0.5) is 16.3 Å². The number of methoxy groups -OCH3 is 1. The monoisotopic (exact) mass is 305 g/mol. The number of rotatable bonds is 3. The van der Waals surface area contributed by atoms with E-state index in [1.807, 2.05) is 0 Å². The zero-order valence-electron chi connectivity index (χ0n) is 13.0. The van der Waals surface area contributed by atoms with Crippen LogP contribution in [0.15, 0.2) is 28.8 Å². The second-order valence-electron chi connectivity index (χ2n) is 5.66. The van der Waals surface area contributed by atoms with Gasteiger partial charge in [0.15, 0.2) is 11.6 Å². The van der Waals surface area contributed by atoms with Crippen LogP contribution < -0.4 is 15.8 Å². The minimum absolute atomic E-state index is 0.296. The van der Waals surface area contributed by atoms with Crippen LogP contribution in [-0.4, -0.2) is 24.0 Å². The molecule has 1 heterocycles. The zero-order chi connectivity index (χ0) is 16.3. The number of nitrogen functional groups attached to an aromatic ring is 1. The number of carbonyl (C=O) groups is 1. The molecule has 1 amide bonds. The van der Waals surface area contributed by atoms with Crippen molar-refractivity contribution in [1.82, 2.24) is 5.16 Å². The normalized spacial score (nSPS) is 11.1. The first-order chi connectivity index (χ1) is 10.3. The molecule has 0 atom stereocenters. The lowest BCUT2D eigenvalue weighted by molar-refractivity contribution is 0.0635. The third-order valence-corrected chi connectivity index (χ3v) is 2.65. The highest BCUT2D eigenvalue weighted by molar-refractivity contribution is 5.87. The van der Waals surface area contributed by atoms with Gasteiger partial charge in [0.1, 0.15) is 11.4 Å². The lowest BCUT2D eigenvalue weighted by Gasteiger charge is -2.20. The lowest BCUT2D eigenvalue weighted by atomic mass is 10.1.